The molecule has 5 aromatic rings. The van der Waals surface area contributed by atoms with Crippen molar-refractivity contribution in [2.24, 2.45) is 0 Å². The molecule has 0 aliphatic carbocycles. The van der Waals surface area contributed by atoms with Gasteiger partial charge >= 0.3 is 5.63 Å². The molecular formula is C30H26N2O3. The third kappa shape index (κ3) is 5.25. The van der Waals surface area contributed by atoms with Crippen LogP contribution in [-0.4, -0.2) is 23.9 Å². The normalized spacial score (nSPS) is 11.0. The van der Waals surface area contributed by atoms with Gasteiger partial charge in [0.1, 0.15) is 5.58 Å². The highest BCUT2D eigenvalue weighted by atomic mass is 16.4. The molecule has 0 bridgehead atoms. The maximum absolute atomic E-state index is 13.5. The fourth-order valence-electron chi connectivity index (χ4n) is 4.31. The van der Waals surface area contributed by atoms with Gasteiger partial charge in [0, 0.05) is 36.7 Å². The molecule has 1 amide bonds. The quantitative estimate of drug-likeness (QED) is 0.224. The summed E-state index contributed by atoms with van der Waals surface area (Å²) in [7, 11) is 0. The van der Waals surface area contributed by atoms with E-state index in [4.69, 9.17) is 4.42 Å². The Balaban J connectivity index is 1.32. The number of amides is 1. The van der Waals surface area contributed by atoms with Gasteiger partial charge in [0.2, 0.25) is 0 Å². The van der Waals surface area contributed by atoms with Crippen LogP contribution in [0.2, 0.25) is 0 Å². The van der Waals surface area contributed by atoms with E-state index in [1.807, 2.05) is 95.9 Å². The van der Waals surface area contributed by atoms with Crippen LogP contribution in [-0.2, 0) is 6.54 Å². The van der Waals surface area contributed by atoms with E-state index in [-0.39, 0.29) is 11.5 Å². The third-order valence-electron chi connectivity index (χ3n) is 6.07. The first kappa shape index (κ1) is 22.4. The number of rotatable bonds is 8. The van der Waals surface area contributed by atoms with Gasteiger partial charge in [-0.2, -0.15) is 0 Å². The Morgan fingerprint density at radius 3 is 2.40 bits per heavy atom. The largest absolute Gasteiger partial charge is 0.423 e. The molecule has 5 rings (SSSR count). The standard InChI is InChI=1S/C30H26N2O3/c33-29-20-27(26-13-6-7-14-28(26)35-29)31-17-8-18-32(21-22-9-2-1-3-10-22)30(34)25-16-15-23-11-4-5-12-24(23)19-25/h1-7,9-16,19-20,31H,8,17-18,21H2. The predicted octanol–water partition coefficient (Wildman–Crippen LogP) is 6.09. The summed E-state index contributed by atoms with van der Waals surface area (Å²) in [4.78, 5) is 27.3. The minimum Gasteiger partial charge on any atom is -0.423 e. The SMILES string of the molecule is O=C(c1ccc2ccccc2c1)N(CCCNc1cc(=O)oc2ccccc12)Cc1ccccc1. The summed E-state index contributed by atoms with van der Waals surface area (Å²) < 4.78 is 5.28. The molecule has 0 unspecified atom stereocenters. The number of carbonyl (C=O) groups is 1. The van der Waals surface area contributed by atoms with Crippen LogP contribution in [0.1, 0.15) is 22.3 Å². The van der Waals surface area contributed by atoms with Crippen LogP contribution in [0.3, 0.4) is 0 Å². The zero-order valence-electron chi connectivity index (χ0n) is 19.3. The number of nitrogens with one attached hydrogen (secondary N) is 1. The van der Waals surface area contributed by atoms with Crippen LogP contribution >= 0.6 is 0 Å². The lowest BCUT2D eigenvalue weighted by Gasteiger charge is -2.23. The summed E-state index contributed by atoms with van der Waals surface area (Å²) in [5.41, 5.74) is 2.68. The summed E-state index contributed by atoms with van der Waals surface area (Å²) in [6.45, 7) is 1.72. The van der Waals surface area contributed by atoms with Gasteiger partial charge < -0.3 is 14.6 Å². The van der Waals surface area contributed by atoms with Crippen LogP contribution in [0.5, 0.6) is 0 Å². The summed E-state index contributed by atoms with van der Waals surface area (Å²) in [5.74, 6) is 0.00501. The molecule has 5 heteroatoms. The van der Waals surface area contributed by atoms with Crippen molar-refractivity contribution in [3.8, 4) is 0 Å². The Morgan fingerprint density at radius 2 is 1.54 bits per heavy atom. The number of benzene rings is 4. The lowest BCUT2D eigenvalue weighted by atomic mass is 10.1. The van der Waals surface area contributed by atoms with Crippen LogP contribution in [0.4, 0.5) is 5.69 Å². The van der Waals surface area contributed by atoms with Crippen molar-refractivity contribution in [3.63, 3.8) is 0 Å². The number of fused-ring (bicyclic) bond motifs is 2. The second-order valence-corrected chi connectivity index (χ2v) is 8.53. The van der Waals surface area contributed by atoms with E-state index < -0.39 is 0 Å². The Bertz CT molecular complexity index is 1530. The lowest BCUT2D eigenvalue weighted by molar-refractivity contribution is 0.0743. The zero-order valence-corrected chi connectivity index (χ0v) is 19.3. The van der Waals surface area contributed by atoms with E-state index in [0.717, 1.165) is 33.8 Å². The first-order valence-electron chi connectivity index (χ1n) is 11.8. The van der Waals surface area contributed by atoms with Crippen LogP contribution in [0, 0.1) is 0 Å². The number of hydrogen-bond donors (Lipinski definition) is 1. The maximum atomic E-state index is 13.5. The summed E-state index contributed by atoms with van der Waals surface area (Å²) in [5, 5.41) is 6.38. The molecule has 0 atom stereocenters. The second-order valence-electron chi connectivity index (χ2n) is 8.53. The van der Waals surface area contributed by atoms with E-state index in [1.165, 1.54) is 6.07 Å². The van der Waals surface area contributed by atoms with Gasteiger partial charge in [-0.1, -0.05) is 72.8 Å². The van der Waals surface area contributed by atoms with Crippen molar-refractivity contribution in [1.82, 2.24) is 4.90 Å². The van der Waals surface area contributed by atoms with Gasteiger partial charge in [0.15, 0.2) is 0 Å². The maximum Gasteiger partial charge on any atom is 0.338 e. The van der Waals surface area contributed by atoms with Gasteiger partial charge in [-0.25, -0.2) is 4.79 Å². The Morgan fingerprint density at radius 1 is 0.800 bits per heavy atom. The number of nitrogens with zero attached hydrogens (tertiary/aromatic N) is 1. The van der Waals surface area contributed by atoms with E-state index in [1.54, 1.807) is 6.07 Å². The summed E-state index contributed by atoms with van der Waals surface area (Å²) >= 11 is 0. The Labute approximate surface area is 203 Å². The average Bonchev–Trinajstić information content (AvgIpc) is 2.90. The molecule has 0 spiro atoms. The second kappa shape index (κ2) is 10.3. The molecule has 4 aromatic carbocycles. The van der Waals surface area contributed by atoms with Crippen LogP contribution in [0.25, 0.3) is 21.7 Å². The third-order valence-corrected chi connectivity index (χ3v) is 6.07. The molecular weight excluding hydrogens is 436 g/mol. The first-order valence-corrected chi connectivity index (χ1v) is 11.8. The molecule has 0 aliphatic heterocycles. The molecule has 174 valence electrons. The van der Waals surface area contributed by atoms with E-state index >= 15 is 0 Å². The van der Waals surface area contributed by atoms with Gasteiger partial charge in [-0.05, 0) is 47.0 Å². The molecule has 0 fully saturated rings. The van der Waals surface area contributed by atoms with Gasteiger partial charge in [-0.3, -0.25) is 4.79 Å². The Kier molecular flexibility index (Phi) is 6.57. The van der Waals surface area contributed by atoms with Gasteiger partial charge in [-0.15, -0.1) is 0 Å². The molecule has 35 heavy (non-hydrogen) atoms. The molecule has 0 radical (unpaired) electrons. The Hall–Kier alpha value is -4.38. The van der Waals surface area contributed by atoms with Crippen molar-refractivity contribution in [1.29, 1.82) is 0 Å². The number of para-hydroxylation sites is 1. The molecule has 0 saturated heterocycles. The molecule has 0 saturated carbocycles. The van der Waals surface area contributed by atoms with Crippen molar-refractivity contribution < 1.29 is 9.21 Å². The highest BCUT2D eigenvalue weighted by Crippen LogP contribution is 2.21. The van der Waals surface area contributed by atoms with Crippen molar-refractivity contribution in [2.75, 3.05) is 18.4 Å². The van der Waals surface area contributed by atoms with Crippen LogP contribution < -0.4 is 10.9 Å². The van der Waals surface area contributed by atoms with Crippen molar-refractivity contribution >= 4 is 33.3 Å². The van der Waals surface area contributed by atoms with Gasteiger partial charge in [0.25, 0.3) is 5.91 Å². The molecule has 1 heterocycles. The monoisotopic (exact) mass is 462 g/mol. The first-order chi connectivity index (χ1) is 17.2. The minimum absolute atomic E-state index is 0.00501. The fourth-order valence-corrected chi connectivity index (χ4v) is 4.31. The number of hydrogen-bond acceptors (Lipinski definition) is 4. The fraction of sp³-hybridized carbons (Fsp3) is 0.133. The van der Waals surface area contributed by atoms with Crippen LogP contribution in [0.15, 0.2) is 112 Å². The van der Waals surface area contributed by atoms with E-state index in [9.17, 15) is 9.59 Å². The topological polar surface area (TPSA) is 62.6 Å². The molecule has 1 aromatic heterocycles. The predicted molar refractivity (Wildman–Crippen MR) is 141 cm³/mol. The van der Waals surface area contributed by atoms with Gasteiger partial charge in [0.05, 0.1) is 5.69 Å². The number of carbonyl (C=O) groups excluding carboxylic acids is 1. The average molecular weight is 463 g/mol. The highest BCUT2D eigenvalue weighted by Gasteiger charge is 2.16. The minimum atomic E-state index is -0.386. The summed E-state index contributed by atoms with van der Waals surface area (Å²) in [6, 6.07) is 32.9. The smallest absolute Gasteiger partial charge is 0.338 e. The van der Waals surface area contributed by atoms with Crippen molar-refractivity contribution in [2.45, 2.75) is 13.0 Å². The summed E-state index contributed by atoms with van der Waals surface area (Å²) in [6.07, 6.45) is 0.723. The lowest BCUT2D eigenvalue weighted by Crippen LogP contribution is -2.32. The number of anilines is 1. The molecule has 5 nitrogen and oxygen atoms in total. The molecule has 1 N–H and O–H groups in total. The van der Waals surface area contributed by atoms with Crippen molar-refractivity contribution in [3.05, 3.63) is 125 Å². The molecule has 0 aliphatic rings. The zero-order chi connectivity index (χ0) is 24.0. The highest BCUT2D eigenvalue weighted by molar-refractivity contribution is 5.98. The van der Waals surface area contributed by atoms with E-state index in [2.05, 4.69) is 5.32 Å². The van der Waals surface area contributed by atoms with E-state index in [0.29, 0.717) is 30.8 Å².